The number of ether oxygens (including phenoxy) is 1. The zero-order valence-corrected chi connectivity index (χ0v) is 9.88. The number of thioether (sulfide) groups is 1. The van der Waals surface area contributed by atoms with Gasteiger partial charge < -0.3 is 10.1 Å². The topological polar surface area (TPSA) is 38.3 Å². The Hall–Kier alpha value is 0.230. The molecule has 0 aliphatic carbocycles. The highest BCUT2D eigenvalue weighted by atomic mass is 35.5. The van der Waals surface area contributed by atoms with Crippen molar-refractivity contribution in [2.75, 3.05) is 32.1 Å². The van der Waals surface area contributed by atoms with E-state index in [0.29, 0.717) is 11.3 Å². The molecule has 1 unspecified atom stereocenters. The van der Waals surface area contributed by atoms with Gasteiger partial charge in [0.15, 0.2) is 5.12 Å². The van der Waals surface area contributed by atoms with Crippen molar-refractivity contribution >= 4 is 29.3 Å². The maximum atomic E-state index is 10.8. The van der Waals surface area contributed by atoms with Crippen LogP contribution >= 0.6 is 24.2 Å². The van der Waals surface area contributed by atoms with Gasteiger partial charge in [-0.2, -0.15) is 0 Å². The molecule has 82 valence electrons. The summed E-state index contributed by atoms with van der Waals surface area (Å²) >= 11 is 1.45. The molecular weight excluding hydrogens is 222 g/mol. The molecule has 2 heterocycles. The maximum Gasteiger partial charge on any atom is 0.185 e. The predicted molar refractivity (Wildman–Crippen MR) is 60.0 cm³/mol. The molecule has 0 radical (unpaired) electrons. The monoisotopic (exact) mass is 237 g/mol. The summed E-state index contributed by atoms with van der Waals surface area (Å²) in [7, 11) is 0. The third-order valence-electron chi connectivity index (χ3n) is 3.00. The number of hydrogen-bond donors (Lipinski definition) is 1. The Bertz CT molecular complexity index is 221. The molecule has 0 saturated carbocycles. The standard InChI is InChI=1S/C9H15NO2S.ClH/c1-7(11)13-3-8-2-10-4-9(8)5-12-6-9;/h8,10H,2-6H2,1H3;1H. The Labute approximate surface area is 94.7 Å². The highest BCUT2D eigenvalue weighted by Gasteiger charge is 2.48. The molecule has 14 heavy (non-hydrogen) atoms. The van der Waals surface area contributed by atoms with Gasteiger partial charge in [-0.3, -0.25) is 4.79 Å². The largest absolute Gasteiger partial charge is 0.380 e. The molecule has 1 spiro atoms. The summed E-state index contributed by atoms with van der Waals surface area (Å²) in [6.45, 7) is 5.50. The van der Waals surface area contributed by atoms with Crippen molar-refractivity contribution in [1.82, 2.24) is 5.32 Å². The van der Waals surface area contributed by atoms with Crippen LogP contribution in [0, 0.1) is 11.3 Å². The van der Waals surface area contributed by atoms with Gasteiger partial charge >= 0.3 is 0 Å². The molecule has 3 nitrogen and oxygen atoms in total. The van der Waals surface area contributed by atoms with Gasteiger partial charge in [0.05, 0.1) is 13.2 Å². The minimum Gasteiger partial charge on any atom is -0.380 e. The van der Waals surface area contributed by atoms with E-state index in [1.807, 2.05) is 0 Å². The lowest BCUT2D eigenvalue weighted by molar-refractivity contribution is -0.120. The van der Waals surface area contributed by atoms with Crippen LogP contribution in [0.25, 0.3) is 0 Å². The summed E-state index contributed by atoms with van der Waals surface area (Å²) in [5, 5.41) is 3.61. The third-order valence-corrected chi connectivity index (χ3v) is 3.98. The third kappa shape index (κ3) is 2.24. The molecule has 2 fully saturated rings. The fourth-order valence-corrected chi connectivity index (χ4v) is 2.92. The first-order valence-corrected chi connectivity index (χ1v) is 5.63. The van der Waals surface area contributed by atoms with E-state index in [-0.39, 0.29) is 17.5 Å². The Balaban J connectivity index is 0.000000980. The van der Waals surface area contributed by atoms with Crippen LogP contribution in [-0.2, 0) is 9.53 Å². The quantitative estimate of drug-likeness (QED) is 0.776. The molecule has 0 aromatic rings. The van der Waals surface area contributed by atoms with Gasteiger partial charge in [0.1, 0.15) is 0 Å². The second kappa shape index (κ2) is 4.84. The normalized spacial score (nSPS) is 28.2. The lowest BCUT2D eigenvalue weighted by atomic mass is 9.77. The van der Waals surface area contributed by atoms with Crippen molar-refractivity contribution in [3.8, 4) is 0 Å². The number of hydrogen-bond acceptors (Lipinski definition) is 4. The zero-order chi connectivity index (χ0) is 9.31. The average Bonchev–Trinajstić information content (AvgIpc) is 2.42. The molecule has 1 N–H and O–H groups in total. The molecule has 5 heteroatoms. The average molecular weight is 238 g/mol. The number of rotatable bonds is 2. The summed E-state index contributed by atoms with van der Waals surface area (Å²) in [6.07, 6.45) is 0. The predicted octanol–water partition coefficient (Wildman–Crippen LogP) is 0.924. The fourth-order valence-electron chi connectivity index (χ4n) is 2.01. The highest BCUT2D eigenvalue weighted by molar-refractivity contribution is 8.13. The lowest BCUT2D eigenvalue weighted by Crippen LogP contribution is -2.49. The smallest absolute Gasteiger partial charge is 0.185 e. The first-order valence-electron chi connectivity index (χ1n) is 4.65. The molecule has 0 amide bonds. The summed E-state index contributed by atoms with van der Waals surface area (Å²) in [5.41, 5.74) is 0.364. The van der Waals surface area contributed by atoms with Crippen LogP contribution in [0.15, 0.2) is 0 Å². The Morgan fingerprint density at radius 1 is 1.64 bits per heavy atom. The minimum atomic E-state index is 0. The molecule has 2 rings (SSSR count). The highest BCUT2D eigenvalue weighted by Crippen LogP contribution is 2.40. The molecule has 0 bridgehead atoms. The van der Waals surface area contributed by atoms with E-state index in [1.54, 1.807) is 6.92 Å². The van der Waals surface area contributed by atoms with E-state index >= 15 is 0 Å². The minimum absolute atomic E-state index is 0. The summed E-state index contributed by atoms with van der Waals surface area (Å²) in [4.78, 5) is 10.8. The van der Waals surface area contributed by atoms with Gasteiger partial charge in [0.25, 0.3) is 0 Å². The van der Waals surface area contributed by atoms with E-state index < -0.39 is 0 Å². The maximum absolute atomic E-state index is 10.8. The van der Waals surface area contributed by atoms with E-state index in [1.165, 1.54) is 11.8 Å². The van der Waals surface area contributed by atoms with Crippen LogP contribution in [0.1, 0.15) is 6.92 Å². The van der Waals surface area contributed by atoms with Crippen molar-refractivity contribution in [1.29, 1.82) is 0 Å². The number of nitrogens with one attached hydrogen (secondary N) is 1. The van der Waals surface area contributed by atoms with Crippen LogP contribution in [0.2, 0.25) is 0 Å². The van der Waals surface area contributed by atoms with Crippen molar-refractivity contribution in [2.45, 2.75) is 6.92 Å². The molecule has 2 aliphatic rings. The summed E-state index contributed by atoms with van der Waals surface area (Å²) in [5.74, 6) is 1.57. The molecule has 2 saturated heterocycles. The van der Waals surface area contributed by atoms with Crippen LogP contribution in [0.5, 0.6) is 0 Å². The first-order chi connectivity index (χ1) is 6.23. The van der Waals surface area contributed by atoms with E-state index in [9.17, 15) is 4.79 Å². The zero-order valence-electron chi connectivity index (χ0n) is 8.25. The van der Waals surface area contributed by atoms with Crippen LogP contribution in [0.4, 0.5) is 0 Å². The van der Waals surface area contributed by atoms with E-state index in [0.717, 1.165) is 32.1 Å². The Morgan fingerprint density at radius 3 is 2.86 bits per heavy atom. The van der Waals surface area contributed by atoms with Crippen molar-refractivity contribution in [3.63, 3.8) is 0 Å². The second-order valence-corrected chi connectivity index (χ2v) is 5.18. The van der Waals surface area contributed by atoms with Crippen LogP contribution in [0.3, 0.4) is 0 Å². The Morgan fingerprint density at radius 2 is 2.36 bits per heavy atom. The van der Waals surface area contributed by atoms with Gasteiger partial charge in [0.2, 0.25) is 0 Å². The van der Waals surface area contributed by atoms with Crippen molar-refractivity contribution < 1.29 is 9.53 Å². The van der Waals surface area contributed by atoms with Gasteiger partial charge in [-0.1, -0.05) is 11.8 Å². The van der Waals surface area contributed by atoms with Gasteiger partial charge in [0, 0.05) is 24.6 Å². The SMILES string of the molecule is CC(=O)SCC1CNCC12COC2.Cl. The molecule has 1 atom stereocenters. The lowest BCUT2D eigenvalue weighted by Gasteiger charge is -2.42. The van der Waals surface area contributed by atoms with Gasteiger partial charge in [-0.15, -0.1) is 12.4 Å². The van der Waals surface area contributed by atoms with Gasteiger partial charge in [-0.05, 0) is 12.5 Å². The molecule has 0 aromatic carbocycles. The number of carbonyl (C=O) groups is 1. The van der Waals surface area contributed by atoms with Gasteiger partial charge in [-0.25, -0.2) is 0 Å². The number of halogens is 1. The Kier molecular flexibility index (Phi) is 4.25. The van der Waals surface area contributed by atoms with E-state index in [2.05, 4.69) is 5.32 Å². The second-order valence-electron chi connectivity index (χ2n) is 3.99. The molecular formula is C9H16ClNO2S. The first kappa shape index (κ1) is 12.3. The summed E-state index contributed by atoms with van der Waals surface area (Å²) < 4.78 is 5.26. The van der Waals surface area contributed by atoms with Crippen LogP contribution in [-0.4, -0.2) is 37.2 Å². The van der Waals surface area contributed by atoms with Crippen LogP contribution < -0.4 is 5.32 Å². The summed E-state index contributed by atoms with van der Waals surface area (Å²) in [6, 6.07) is 0. The van der Waals surface area contributed by atoms with Crippen molar-refractivity contribution in [2.24, 2.45) is 11.3 Å². The number of carbonyl (C=O) groups excluding carboxylic acids is 1. The van der Waals surface area contributed by atoms with Crippen molar-refractivity contribution in [3.05, 3.63) is 0 Å². The molecule has 0 aromatic heterocycles. The fraction of sp³-hybridized carbons (Fsp3) is 0.889. The van der Waals surface area contributed by atoms with E-state index in [4.69, 9.17) is 4.74 Å². The molecule has 2 aliphatic heterocycles.